The minimum absolute atomic E-state index is 0.612. The number of rotatable bonds is 4. The quantitative estimate of drug-likeness (QED) is 0.362. The van der Waals surface area contributed by atoms with E-state index in [2.05, 4.69) is 16.8 Å². The highest BCUT2D eigenvalue weighted by Gasteiger charge is 2.27. The van der Waals surface area contributed by atoms with Crippen LogP contribution in [-0.4, -0.2) is 84.5 Å². The molecule has 0 radical (unpaired) electrons. The van der Waals surface area contributed by atoms with Crippen molar-refractivity contribution < 1.29 is 56.5 Å². The number of hydrogen-bond acceptors (Lipinski definition) is 3. The standard InChI is InChI=1S/C14H28N2O.3BF4/c1-15-8-9-16(14(11-15)12-17-2)10-13-6-4-3-5-7-13;3*2-1(3,4)5/h13-14H,3-12H2,1-2H3;;;/q;3*-1. The van der Waals surface area contributed by atoms with Gasteiger partial charge in [-0.15, -0.1) is 0 Å². The molecule has 1 aliphatic heterocycles. The lowest BCUT2D eigenvalue weighted by atomic mass is 9.88. The van der Waals surface area contributed by atoms with Crippen molar-refractivity contribution in [2.75, 3.05) is 46.9 Å². The average Bonchev–Trinajstić information content (AvgIpc) is 2.54. The van der Waals surface area contributed by atoms with Gasteiger partial charge in [0.2, 0.25) is 0 Å². The van der Waals surface area contributed by atoms with E-state index in [-0.39, 0.29) is 0 Å². The van der Waals surface area contributed by atoms with Crippen molar-refractivity contribution in [2.24, 2.45) is 5.92 Å². The van der Waals surface area contributed by atoms with Crippen LogP contribution in [0.3, 0.4) is 0 Å². The molecule has 0 bridgehead atoms. The molecule has 2 rings (SSSR count). The maximum Gasteiger partial charge on any atom is 0.673 e. The van der Waals surface area contributed by atoms with Gasteiger partial charge in [0.05, 0.1) is 6.61 Å². The van der Waals surface area contributed by atoms with Crippen molar-refractivity contribution in [3.05, 3.63) is 0 Å². The van der Waals surface area contributed by atoms with Crippen LogP contribution in [0.5, 0.6) is 0 Å². The van der Waals surface area contributed by atoms with E-state index in [0.29, 0.717) is 6.04 Å². The molecule has 2 aliphatic rings. The van der Waals surface area contributed by atoms with Gasteiger partial charge in [-0.05, 0) is 25.8 Å². The summed E-state index contributed by atoms with van der Waals surface area (Å²) in [6, 6.07) is 0.612. The van der Waals surface area contributed by atoms with Gasteiger partial charge in [0.15, 0.2) is 0 Å². The van der Waals surface area contributed by atoms with E-state index in [9.17, 15) is 51.8 Å². The fourth-order valence-electron chi connectivity index (χ4n) is 3.34. The van der Waals surface area contributed by atoms with Gasteiger partial charge in [-0.1, -0.05) is 19.3 Å². The average molecular weight is 501 g/mol. The lowest BCUT2D eigenvalue weighted by Gasteiger charge is -2.41. The molecule has 0 aromatic heterocycles. The molecule has 1 saturated carbocycles. The molecule has 3 nitrogen and oxygen atoms in total. The van der Waals surface area contributed by atoms with Crippen molar-refractivity contribution in [1.29, 1.82) is 0 Å². The van der Waals surface area contributed by atoms with Crippen LogP contribution < -0.4 is 0 Å². The number of methoxy groups -OCH3 is 1. The Labute approximate surface area is 180 Å². The third-order valence-electron chi connectivity index (χ3n) is 4.38. The van der Waals surface area contributed by atoms with Crippen LogP contribution in [0.15, 0.2) is 0 Å². The normalized spacial score (nSPS) is 21.4. The Morgan fingerprint density at radius 3 is 1.50 bits per heavy atom. The molecule has 0 N–H and O–H groups in total. The highest BCUT2D eigenvalue weighted by Crippen LogP contribution is 2.25. The van der Waals surface area contributed by atoms with Crippen molar-refractivity contribution in [2.45, 2.75) is 38.1 Å². The first-order valence-corrected chi connectivity index (χ1v) is 9.83. The molecule has 1 atom stereocenters. The number of likely N-dealkylation sites (N-methyl/N-ethyl adjacent to an activating group) is 1. The van der Waals surface area contributed by atoms with Crippen LogP contribution in [0.1, 0.15) is 32.1 Å². The zero-order valence-corrected chi connectivity index (χ0v) is 17.8. The lowest BCUT2D eigenvalue weighted by molar-refractivity contribution is 0.0219. The van der Waals surface area contributed by atoms with Crippen molar-refractivity contribution in [1.82, 2.24) is 9.80 Å². The van der Waals surface area contributed by atoms with E-state index in [1.54, 1.807) is 0 Å². The smallest absolute Gasteiger partial charge is 0.418 e. The van der Waals surface area contributed by atoms with Crippen LogP contribution in [0.2, 0.25) is 0 Å². The predicted octanol–water partition coefficient (Wildman–Crippen LogP) is 5.73. The van der Waals surface area contributed by atoms with Gasteiger partial charge in [0.25, 0.3) is 0 Å². The molecule has 1 heterocycles. The van der Waals surface area contributed by atoms with E-state index in [0.717, 1.165) is 12.5 Å². The van der Waals surface area contributed by atoms with Crippen molar-refractivity contribution >= 4 is 21.8 Å². The molecule has 1 saturated heterocycles. The number of ether oxygens (including phenoxy) is 1. The highest BCUT2D eigenvalue weighted by atomic mass is 19.5. The van der Waals surface area contributed by atoms with Gasteiger partial charge in [0, 0.05) is 39.3 Å². The third kappa shape index (κ3) is 31.4. The largest absolute Gasteiger partial charge is 0.673 e. The number of halogens is 12. The van der Waals surface area contributed by atoms with Crippen LogP contribution in [0, 0.1) is 5.92 Å². The van der Waals surface area contributed by atoms with E-state index < -0.39 is 21.8 Å². The summed E-state index contributed by atoms with van der Waals surface area (Å²) in [6.07, 6.45) is 7.26. The zero-order chi connectivity index (χ0) is 25.6. The number of piperazine rings is 1. The van der Waals surface area contributed by atoms with Gasteiger partial charge < -0.3 is 61.4 Å². The van der Waals surface area contributed by atoms with Crippen LogP contribution in [0.25, 0.3) is 0 Å². The predicted molar refractivity (Wildman–Crippen MR) is 102 cm³/mol. The second-order valence-corrected chi connectivity index (χ2v) is 7.35. The number of hydrogen-bond donors (Lipinski definition) is 0. The summed E-state index contributed by atoms with van der Waals surface area (Å²) in [5.74, 6) is 0.950. The van der Waals surface area contributed by atoms with Crippen molar-refractivity contribution in [3.63, 3.8) is 0 Å². The highest BCUT2D eigenvalue weighted by molar-refractivity contribution is 6.50. The van der Waals surface area contributed by atoms with Gasteiger partial charge in [-0.25, -0.2) is 0 Å². The Balaban J connectivity index is 0. The maximum absolute atomic E-state index is 9.75. The summed E-state index contributed by atoms with van der Waals surface area (Å²) in [6.45, 7) is 5.80. The fourth-order valence-corrected chi connectivity index (χ4v) is 3.34. The molecule has 1 aliphatic carbocycles. The molecule has 32 heavy (non-hydrogen) atoms. The third-order valence-corrected chi connectivity index (χ3v) is 4.38. The van der Waals surface area contributed by atoms with Gasteiger partial charge in [-0.2, -0.15) is 0 Å². The Hall–Kier alpha value is -0.765. The Morgan fingerprint density at radius 1 is 0.719 bits per heavy atom. The van der Waals surface area contributed by atoms with Gasteiger partial charge in [-0.3, -0.25) is 4.90 Å². The van der Waals surface area contributed by atoms with E-state index in [4.69, 9.17) is 4.74 Å². The van der Waals surface area contributed by atoms with Crippen molar-refractivity contribution in [3.8, 4) is 0 Å². The van der Waals surface area contributed by atoms with E-state index in [1.165, 1.54) is 58.3 Å². The molecule has 0 amide bonds. The van der Waals surface area contributed by atoms with E-state index in [1.807, 2.05) is 7.11 Å². The fraction of sp³-hybridized carbons (Fsp3) is 1.00. The van der Waals surface area contributed by atoms with Crippen LogP contribution in [-0.2, 0) is 4.74 Å². The SMILES string of the molecule is COCC1CN(C)CCN1CC1CCCCC1.F[B-](F)(F)F.F[B-](F)(F)F.F[B-](F)(F)F. The molecule has 1 unspecified atom stereocenters. The topological polar surface area (TPSA) is 15.7 Å². The Kier molecular flexibility index (Phi) is 16.7. The number of nitrogens with zero attached hydrogens (tertiary/aromatic N) is 2. The molecule has 0 aromatic rings. The zero-order valence-electron chi connectivity index (χ0n) is 17.8. The van der Waals surface area contributed by atoms with Crippen LogP contribution >= 0.6 is 0 Å². The van der Waals surface area contributed by atoms with Gasteiger partial charge >= 0.3 is 21.8 Å². The summed E-state index contributed by atoms with van der Waals surface area (Å²) in [7, 11) is -14.0. The van der Waals surface area contributed by atoms with E-state index >= 15 is 0 Å². The summed E-state index contributed by atoms with van der Waals surface area (Å²) in [5, 5.41) is 0. The molecule has 18 heteroatoms. The molecule has 2 fully saturated rings. The second kappa shape index (κ2) is 16.0. The second-order valence-electron chi connectivity index (χ2n) is 7.35. The molecular weight excluding hydrogens is 473 g/mol. The monoisotopic (exact) mass is 501 g/mol. The summed E-state index contributed by atoms with van der Waals surface area (Å²) >= 11 is 0. The Bertz CT molecular complexity index is 415. The summed E-state index contributed by atoms with van der Waals surface area (Å²) in [5.41, 5.74) is 0. The molecule has 0 spiro atoms. The first-order chi connectivity index (χ1) is 14.3. The van der Waals surface area contributed by atoms with Crippen LogP contribution in [0.4, 0.5) is 51.8 Å². The molecule has 0 aromatic carbocycles. The Morgan fingerprint density at radius 2 is 1.12 bits per heavy atom. The first-order valence-electron chi connectivity index (χ1n) is 9.83. The minimum atomic E-state index is -6.00. The maximum atomic E-state index is 9.75. The first kappa shape index (κ1) is 33.4. The minimum Gasteiger partial charge on any atom is -0.418 e. The summed E-state index contributed by atoms with van der Waals surface area (Å²) in [4.78, 5) is 5.11. The summed E-state index contributed by atoms with van der Waals surface area (Å²) < 4.78 is 122. The van der Waals surface area contributed by atoms with Gasteiger partial charge in [0.1, 0.15) is 0 Å². The molecular formula is C14H28B3F12N2O-3. The molecule has 196 valence electrons. The lowest BCUT2D eigenvalue weighted by Crippen LogP contribution is -2.54.